The van der Waals surface area contributed by atoms with Crippen LogP contribution in [0.3, 0.4) is 0 Å². The Balaban J connectivity index is 1.91. The largest absolute Gasteiger partial charge is 0.467 e. The lowest BCUT2D eigenvalue weighted by molar-refractivity contribution is -0.121. The van der Waals surface area contributed by atoms with Crippen molar-refractivity contribution in [1.29, 1.82) is 0 Å². The highest BCUT2D eigenvalue weighted by Gasteiger charge is 2.10. The molecule has 0 aliphatic rings. The molecule has 0 unspecified atom stereocenters. The number of nitrogens with one attached hydrogen (secondary N) is 1. The van der Waals surface area contributed by atoms with Crippen LogP contribution in [-0.2, 0) is 17.8 Å². The molecule has 0 aliphatic carbocycles. The molecule has 2 heterocycles. The maximum atomic E-state index is 12.0. The van der Waals surface area contributed by atoms with E-state index in [0.717, 1.165) is 6.42 Å². The van der Waals surface area contributed by atoms with E-state index in [4.69, 9.17) is 4.74 Å². The number of aryl methyl sites for hydroxylation is 2. The molecule has 0 aromatic carbocycles. The minimum Gasteiger partial charge on any atom is -0.467 e. The highest BCUT2D eigenvalue weighted by molar-refractivity contribution is 7.10. The number of hydrogen-bond donors (Lipinski definition) is 1. The summed E-state index contributed by atoms with van der Waals surface area (Å²) in [7, 11) is 5.17. The van der Waals surface area contributed by atoms with Crippen molar-refractivity contribution in [2.75, 3.05) is 26.1 Å². The lowest BCUT2D eigenvalue weighted by Crippen LogP contribution is -2.25. The maximum absolute atomic E-state index is 12.0. The molecule has 7 nitrogen and oxygen atoms in total. The number of nitrogens with zero attached hydrogens (tertiary/aromatic N) is 4. The summed E-state index contributed by atoms with van der Waals surface area (Å²) in [6, 6.07) is 2.31. The summed E-state index contributed by atoms with van der Waals surface area (Å²) in [5, 5.41) is 4.88. The fourth-order valence-corrected chi connectivity index (χ4v) is 2.82. The first-order chi connectivity index (χ1) is 11.0. The Bertz CT molecular complexity index is 672. The summed E-state index contributed by atoms with van der Waals surface area (Å²) in [6.45, 7) is 2.31. The first-order valence-electron chi connectivity index (χ1n) is 7.25. The van der Waals surface area contributed by atoms with Gasteiger partial charge in [0.2, 0.25) is 11.9 Å². The van der Waals surface area contributed by atoms with Crippen LogP contribution in [-0.4, -0.2) is 42.1 Å². The average Bonchev–Trinajstić information content (AvgIpc) is 2.95. The number of hydrogen-bond acceptors (Lipinski definition) is 7. The van der Waals surface area contributed by atoms with Crippen molar-refractivity contribution >= 4 is 23.2 Å². The van der Waals surface area contributed by atoms with E-state index in [0.29, 0.717) is 18.2 Å². The maximum Gasteiger partial charge on any atom is 0.321 e. The molecule has 2 aromatic heterocycles. The third-order valence-electron chi connectivity index (χ3n) is 3.22. The summed E-state index contributed by atoms with van der Waals surface area (Å²) in [5.74, 6) is 0.945. The Morgan fingerprint density at radius 1 is 1.35 bits per heavy atom. The first-order valence-corrected chi connectivity index (χ1v) is 8.13. The van der Waals surface area contributed by atoms with E-state index in [9.17, 15) is 4.79 Å². The lowest BCUT2D eigenvalue weighted by Gasteiger charge is -2.12. The van der Waals surface area contributed by atoms with Crippen LogP contribution in [0.25, 0.3) is 0 Å². The third-order valence-corrected chi connectivity index (χ3v) is 4.31. The lowest BCUT2D eigenvalue weighted by atomic mass is 10.2. The number of carbonyl (C=O) groups excluding carboxylic acids is 1. The van der Waals surface area contributed by atoms with Crippen LogP contribution < -0.4 is 15.0 Å². The van der Waals surface area contributed by atoms with Gasteiger partial charge in [-0.15, -0.1) is 11.3 Å². The molecule has 1 N–H and O–H groups in total. The van der Waals surface area contributed by atoms with E-state index in [1.807, 2.05) is 19.5 Å². The Hall–Kier alpha value is -2.22. The van der Waals surface area contributed by atoms with Crippen LogP contribution in [0.4, 0.5) is 5.95 Å². The van der Waals surface area contributed by atoms with Crippen LogP contribution in [0.15, 0.2) is 11.4 Å². The summed E-state index contributed by atoms with van der Waals surface area (Å²) in [4.78, 5) is 27.5. The molecule has 0 atom stereocenters. The van der Waals surface area contributed by atoms with Gasteiger partial charge >= 0.3 is 6.01 Å². The van der Waals surface area contributed by atoms with Crippen molar-refractivity contribution in [2.24, 2.45) is 0 Å². The van der Waals surface area contributed by atoms with Gasteiger partial charge in [0.05, 0.1) is 13.7 Å². The van der Waals surface area contributed by atoms with Crippen LogP contribution in [0.5, 0.6) is 6.01 Å². The standard InChI is InChI=1S/C15H21N5O2S/c1-10-7-8-23-11(10)5-6-13(21)16-9-12-17-14(20(2)3)19-15(18-12)22-4/h7-8H,5-6,9H2,1-4H3,(H,16,21). The van der Waals surface area contributed by atoms with Gasteiger partial charge in [0.1, 0.15) is 0 Å². The smallest absolute Gasteiger partial charge is 0.321 e. The molecule has 124 valence electrons. The summed E-state index contributed by atoms with van der Waals surface area (Å²) >= 11 is 1.68. The van der Waals surface area contributed by atoms with E-state index in [2.05, 4.69) is 33.3 Å². The Morgan fingerprint density at radius 2 is 2.13 bits per heavy atom. The van der Waals surface area contributed by atoms with E-state index in [1.165, 1.54) is 17.6 Å². The number of rotatable bonds is 7. The van der Waals surface area contributed by atoms with Crippen molar-refractivity contribution in [3.05, 3.63) is 27.7 Å². The van der Waals surface area contributed by atoms with Crippen molar-refractivity contribution in [3.63, 3.8) is 0 Å². The molecule has 0 fully saturated rings. The number of anilines is 1. The Morgan fingerprint density at radius 3 is 2.74 bits per heavy atom. The monoisotopic (exact) mass is 335 g/mol. The number of ether oxygens (including phenoxy) is 1. The SMILES string of the molecule is COc1nc(CNC(=O)CCc2sccc2C)nc(N(C)C)n1. The van der Waals surface area contributed by atoms with Gasteiger partial charge < -0.3 is 15.0 Å². The molecule has 2 aromatic rings. The summed E-state index contributed by atoms with van der Waals surface area (Å²) < 4.78 is 5.06. The molecule has 2 rings (SSSR count). The number of thiophene rings is 1. The van der Waals surface area contributed by atoms with Gasteiger partial charge in [0.25, 0.3) is 0 Å². The number of amides is 1. The predicted octanol–water partition coefficient (Wildman–Crippen LogP) is 1.57. The second-order valence-corrected chi connectivity index (χ2v) is 6.24. The predicted molar refractivity (Wildman–Crippen MR) is 89.9 cm³/mol. The van der Waals surface area contributed by atoms with Gasteiger partial charge in [-0.05, 0) is 30.4 Å². The fraction of sp³-hybridized carbons (Fsp3) is 0.467. The third kappa shape index (κ3) is 4.88. The van der Waals surface area contributed by atoms with Crippen LogP contribution in [0.2, 0.25) is 0 Å². The van der Waals surface area contributed by atoms with Crippen molar-refractivity contribution < 1.29 is 9.53 Å². The zero-order chi connectivity index (χ0) is 16.8. The molecule has 23 heavy (non-hydrogen) atoms. The molecule has 0 bridgehead atoms. The van der Waals surface area contributed by atoms with Crippen LogP contribution >= 0.6 is 11.3 Å². The minimum atomic E-state index is -0.0245. The zero-order valence-corrected chi connectivity index (χ0v) is 14.6. The Kier molecular flexibility index (Phi) is 5.86. The highest BCUT2D eigenvalue weighted by atomic mass is 32.1. The van der Waals surface area contributed by atoms with Gasteiger partial charge in [0, 0.05) is 25.4 Å². The minimum absolute atomic E-state index is 0.0245. The zero-order valence-electron chi connectivity index (χ0n) is 13.8. The number of carbonyl (C=O) groups is 1. The quantitative estimate of drug-likeness (QED) is 0.827. The molecule has 0 aliphatic heterocycles. The fourth-order valence-electron chi connectivity index (χ4n) is 1.91. The van der Waals surface area contributed by atoms with Gasteiger partial charge in [-0.2, -0.15) is 15.0 Å². The molecule has 1 amide bonds. The van der Waals surface area contributed by atoms with Crippen LogP contribution in [0, 0.1) is 6.92 Å². The summed E-state index contributed by atoms with van der Waals surface area (Å²) in [5.41, 5.74) is 1.24. The van der Waals surface area contributed by atoms with E-state index in [1.54, 1.807) is 16.2 Å². The average molecular weight is 335 g/mol. The number of aromatic nitrogens is 3. The molecule has 8 heteroatoms. The van der Waals surface area contributed by atoms with E-state index in [-0.39, 0.29) is 18.5 Å². The topological polar surface area (TPSA) is 80.2 Å². The first kappa shape index (κ1) is 17.1. The molecular formula is C15H21N5O2S. The van der Waals surface area contributed by atoms with Gasteiger partial charge in [0.15, 0.2) is 5.82 Å². The van der Waals surface area contributed by atoms with Crippen molar-refractivity contribution in [1.82, 2.24) is 20.3 Å². The van der Waals surface area contributed by atoms with Crippen LogP contribution in [0.1, 0.15) is 22.7 Å². The Labute approximate surface area is 139 Å². The second-order valence-electron chi connectivity index (χ2n) is 5.24. The second kappa shape index (κ2) is 7.87. The van der Waals surface area contributed by atoms with Crippen molar-refractivity contribution in [3.8, 4) is 6.01 Å². The molecule has 0 spiro atoms. The van der Waals surface area contributed by atoms with Gasteiger partial charge in [-0.25, -0.2) is 0 Å². The van der Waals surface area contributed by atoms with Gasteiger partial charge in [-0.1, -0.05) is 0 Å². The van der Waals surface area contributed by atoms with E-state index < -0.39 is 0 Å². The molecular weight excluding hydrogens is 314 g/mol. The highest BCUT2D eigenvalue weighted by Crippen LogP contribution is 2.17. The van der Waals surface area contributed by atoms with Gasteiger partial charge in [-0.3, -0.25) is 4.79 Å². The molecule has 0 saturated heterocycles. The number of methoxy groups -OCH3 is 1. The van der Waals surface area contributed by atoms with E-state index >= 15 is 0 Å². The normalized spacial score (nSPS) is 10.4. The molecule has 0 radical (unpaired) electrons. The summed E-state index contributed by atoms with van der Waals surface area (Å²) in [6.07, 6.45) is 1.20. The molecule has 0 saturated carbocycles. The van der Waals surface area contributed by atoms with Crippen molar-refractivity contribution in [2.45, 2.75) is 26.3 Å².